The second-order valence-corrected chi connectivity index (χ2v) is 8.30. The predicted octanol–water partition coefficient (Wildman–Crippen LogP) is 4.83. The molecular weight excluding hydrogens is 355 g/mol. The Morgan fingerprint density at radius 1 is 1.18 bits per heavy atom. The first-order valence-corrected chi connectivity index (χ1v) is 10.2. The van der Waals surface area contributed by atoms with Crippen LogP contribution >= 0.6 is 0 Å². The molecule has 0 bridgehead atoms. The zero-order valence-electron chi connectivity index (χ0n) is 16.1. The number of likely N-dealkylation sites (tertiary alicyclic amines) is 1. The highest BCUT2D eigenvalue weighted by atomic mass is 19.1. The van der Waals surface area contributed by atoms with Gasteiger partial charge in [0, 0.05) is 31.1 Å². The Hall–Kier alpha value is -2.56. The number of rotatable bonds is 3. The first-order valence-electron chi connectivity index (χ1n) is 10.2. The molecule has 5 heteroatoms. The molecule has 1 N–H and O–H groups in total. The summed E-state index contributed by atoms with van der Waals surface area (Å²) in [6, 6.07) is 13.2. The first-order chi connectivity index (χ1) is 13.6. The highest BCUT2D eigenvalue weighted by Crippen LogP contribution is 2.64. The molecule has 2 aromatic rings. The molecule has 1 saturated heterocycles. The minimum Gasteiger partial charge on any atom is -0.464 e. The van der Waals surface area contributed by atoms with Gasteiger partial charge in [0.1, 0.15) is 11.6 Å². The van der Waals surface area contributed by atoms with Gasteiger partial charge in [-0.1, -0.05) is 31.2 Å². The van der Waals surface area contributed by atoms with Gasteiger partial charge in [0.25, 0.3) is 0 Å². The number of benzene rings is 2. The van der Waals surface area contributed by atoms with Gasteiger partial charge in [0.05, 0.1) is 5.69 Å². The van der Waals surface area contributed by atoms with E-state index in [0.29, 0.717) is 23.5 Å². The van der Waals surface area contributed by atoms with Crippen molar-refractivity contribution in [3.8, 4) is 5.75 Å². The second-order valence-electron chi connectivity index (χ2n) is 8.30. The van der Waals surface area contributed by atoms with Crippen molar-refractivity contribution in [1.82, 2.24) is 4.90 Å². The monoisotopic (exact) mass is 380 g/mol. The van der Waals surface area contributed by atoms with Crippen LogP contribution in [0.4, 0.5) is 10.1 Å². The summed E-state index contributed by atoms with van der Waals surface area (Å²) in [5, 5.41) is 3.29. The standard InChI is InChI=1S/C23H25FN2O2/c1-2-21(27)26-11-9-23(10-12-26)14-18(23)15-3-5-16(6-4-15)22-25-19-8-7-17(24)13-20(19)28-22/h3-8,13,18,22,25H,2,9-12,14H2,1H3/t18-,22?/m0/s1. The lowest BCUT2D eigenvalue weighted by atomic mass is 9.88. The zero-order valence-corrected chi connectivity index (χ0v) is 16.1. The maximum atomic E-state index is 13.4. The third kappa shape index (κ3) is 2.93. The van der Waals surface area contributed by atoms with Crippen LogP contribution in [0.2, 0.25) is 0 Å². The lowest BCUT2D eigenvalue weighted by Crippen LogP contribution is -2.39. The summed E-state index contributed by atoms with van der Waals surface area (Å²) >= 11 is 0. The van der Waals surface area contributed by atoms with Crippen LogP contribution in [0.5, 0.6) is 5.75 Å². The molecule has 2 aromatic carbocycles. The van der Waals surface area contributed by atoms with E-state index in [4.69, 9.17) is 4.74 Å². The molecular formula is C23H25FN2O2. The molecule has 1 spiro atoms. The Labute approximate surface area is 164 Å². The molecule has 1 aliphatic carbocycles. The average Bonchev–Trinajstić information content (AvgIpc) is 3.25. The van der Waals surface area contributed by atoms with Gasteiger partial charge in [-0.2, -0.15) is 0 Å². The summed E-state index contributed by atoms with van der Waals surface area (Å²) in [6.07, 6.45) is 3.77. The van der Waals surface area contributed by atoms with Gasteiger partial charge < -0.3 is 15.0 Å². The molecule has 2 atom stereocenters. The lowest BCUT2D eigenvalue weighted by molar-refractivity contribution is -0.132. The van der Waals surface area contributed by atoms with Crippen LogP contribution in [0, 0.1) is 11.2 Å². The number of carbonyl (C=O) groups is 1. The number of hydrogen-bond acceptors (Lipinski definition) is 3. The van der Waals surface area contributed by atoms with Crippen molar-refractivity contribution in [2.24, 2.45) is 5.41 Å². The van der Waals surface area contributed by atoms with Crippen LogP contribution in [-0.2, 0) is 4.79 Å². The SMILES string of the molecule is CCC(=O)N1CCC2(CC1)C[C@H]2c1ccc(C2Nc3ccc(F)cc3O2)cc1. The van der Waals surface area contributed by atoms with Crippen molar-refractivity contribution in [2.45, 2.75) is 44.8 Å². The van der Waals surface area contributed by atoms with Gasteiger partial charge in [-0.15, -0.1) is 0 Å². The molecule has 146 valence electrons. The molecule has 2 fully saturated rings. The van der Waals surface area contributed by atoms with Crippen LogP contribution in [-0.4, -0.2) is 23.9 Å². The van der Waals surface area contributed by atoms with Crippen molar-refractivity contribution in [3.63, 3.8) is 0 Å². The van der Waals surface area contributed by atoms with E-state index in [-0.39, 0.29) is 18.0 Å². The summed E-state index contributed by atoms with van der Waals surface area (Å²) in [7, 11) is 0. The normalized spacial score (nSPS) is 24.4. The van der Waals surface area contributed by atoms with Crippen molar-refractivity contribution in [2.75, 3.05) is 18.4 Å². The summed E-state index contributed by atoms with van der Waals surface area (Å²) < 4.78 is 19.2. The van der Waals surface area contributed by atoms with E-state index in [1.54, 1.807) is 6.07 Å². The summed E-state index contributed by atoms with van der Waals surface area (Å²) in [5.74, 6) is 1.15. The van der Waals surface area contributed by atoms with Gasteiger partial charge in [-0.25, -0.2) is 4.39 Å². The maximum absolute atomic E-state index is 13.4. The first kappa shape index (κ1) is 17.5. The molecule has 0 aromatic heterocycles. The Balaban J connectivity index is 1.23. The summed E-state index contributed by atoms with van der Waals surface area (Å²) in [6.45, 7) is 3.73. The third-order valence-corrected chi connectivity index (χ3v) is 6.72. The third-order valence-electron chi connectivity index (χ3n) is 6.72. The Morgan fingerprint density at radius 3 is 2.61 bits per heavy atom. The zero-order chi connectivity index (χ0) is 19.3. The number of nitrogens with one attached hydrogen (secondary N) is 1. The van der Waals surface area contributed by atoms with E-state index in [2.05, 4.69) is 29.6 Å². The molecule has 1 saturated carbocycles. The topological polar surface area (TPSA) is 41.6 Å². The van der Waals surface area contributed by atoms with E-state index >= 15 is 0 Å². The fourth-order valence-corrected chi connectivity index (χ4v) is 4.86. The molecule has 1 unspecified atom stereocenters. The smallest absolute Gasteiger partial charge is 0.222 e. The predicted molar refractivity (Wildman–Crippen MR) is 106 cm³/mol. The number of amides is 1. The number of carbonyl (C=O) groups excluding carboxylic acids is 1. The van der Waals surface area contributed by atoms with Crippen molar-refractivity contribution < 1.29 is 13.9 Å². The molecule has 28 heavy (non-hydrogen) atoms. The summed E-state index contributed by atoms with van der Waals surface area (Å²) in [5.41, 5.74) is 3.63. The quantitative estimate of drug-likeness (QED) is 0.829. The van der Waals surface area contributed by atoms with Crippen LogP contribution in [0.3, 0.4) is 0 Å². The Morgan fingerprint density at radius 2 is 1.89 bits per heavy atom. The average molecular weight is 380 g/mol. The molecule has 3 aliphatic rings. The highest BCUT2D eigenvalue weighted by molar-refractivity contribution is 5.75. The maximum Gasteiger partial charge on any atom is 0.222 e. The Bertz CT molecular complexity index is 903. The van der Waals surface area contributed by atoms with Gasteiger partial charge in [-0.05, 0) is 48.3 Å². The second kappa shape index (κ2) is 6.50. The van der Waals surface area contributed by atoms with Crippen molar-refractivity contribution in [1.29, 1.82) is 0 Å². The molecule has 2 aliphatic heterocycles. The van der Waals surface area contributed by atoms with Crippen LogP contribution in [0.15, 0.2) is 42.5 Å². The van der Waals surface area contributed by atoms with E-state index in [1.165, 1.54) is 24.1 Å². The van der Waals surface area contributed by atoms with Gasteiger partial charge in [0.2, 0.25) is 5.91 Å². The minimum absolute atomic E-state index is 0.276. The lowest BCUT2D eigenvalue weighted by Gasteiger charge is -2.33. The van der Waals surface area contributed by atoms with Crippen LogP contribution in [0.1, 0.15) is 55.9 Å². The molecule has 4 nitrogen and oxygen atoms in total. The minimum atomic E-state index is -0.290. The fraction of sp³-hybridized carbons (Fsp3) is 0.435. The molecule has 1 amide bonds. The summed E-state index contributed by atoms with van der Waals surface area (Å²) in [4.78, 5) is 13.9. The molecule has 2 heterocycles. The van der Waals surface area contributed by atoms with Crippen LogP contribution in [0.25, 0.3) is 0 Å². The van der Waals surface area contributed by atoms with Gasteiger partial charge in [0.15, 0.2) is 6.23 Å². The Kier molecular flexibility index (Phi) is 4.07. The number of piperidine rings is 1. The van der Waals surface area contributed by atoms with E-state index in [0.717, 1.165) is 37.2 Å². The van der Waals surface area contributed by atoms with Crippen molar-refractivity contribution >= 4 is 11.6 Å². The molecule has 0 radical (unpaired) electrons. The van der Waals surface area contributed by atoms with Gasteiger partial charge in [-0.3, -0.25) is 4.79 Å². The highest BCUT2D eigenvalue weighted by Gasteiger charge is 2.55. The van der Waals surface area contributed by atoms with E-state index in [9.17, 15) is 9.18 Å². The van der Waals surface area contributed by atoms with Crippen LogP contribution < -0.4 is 10.1 Å². The number of anilines is 1. The van der Waals surface area contributed by atoms with Crippen molar-refractivity contribution in [3.05, 3.63) is 59.4 Å². The number of nitrogens with zero attached hydrogens (tertiary/aromatic N) is 1. The molecule has 5 rings (SSSR count). The fourth-order valence-electron chi connectivity index (χ4n) is 4.86. The van der Waals surface area contributed by atoms with Gasteiger partial charge >= 0.3 is 0 Å². The number of halogens is 1. The number of ether oxygens (including phenoxy) is 1. The van der Waals surface area contributed by atoms with E-state index in [1.807, 2.05) is 11.8 Å². The number of fused-ring (bicyclic) bond motifs is 1. The largest absolute Gasteiger partial charge is 0.464 e. The van der Waals surface area contributed by atoms with E-state index < -0.39 is 0 Å². The number of hydrogen-bond donors (Lipinski definition) is 1.